The SMILES string of the molecule is CCNCC(=O)NC(C)Cc1c(F)cccc1F. The van der Waals surface area contributed by atoms with Gasteiger partial charge in [0.15, 0.2) is 0 Å². The predicted molar refractivity (Wildman–Crippen MR) is 66.2 cm³/mol. The summed E-state index contributed by atoms with van der Waals surface area (Å²) in [6.07, 6.45) is 0.135. The van der Waals surface area contributed by atoms with Crippen molar-refractivity contribution in [3.63, 3.8) is 0 Å². The van der Waals surface area contributed by atoms with Crippen LogP contribution in [-0.4, -0.2) is 25.0 Å². The van der Waals surface area contributed by atoms with Crippen molar-refractivity contribution < 1.29 is 13.6 Å². The molecule has 0 bridgehead atoms. The van der Waals surface area contributed by atoms with Gasteiger partial charge in [0.05, 0.1) is 6.54 Å². The van der Waals surface area contributed by atoms with Gasteiger partial charge in [0, 0.05) is 11.6 Å². The van der Waals surface area contributed by atoms with Crippen molar-refractivity contribution in [1.29, 1.82) is 0 Å². The summed E-state index contributed by atoms with van der Waals surface area (Å²) < 4.78 is 26.8. The molecule has 0 fully saturated rings. The Morgan fingerprint density at radius 3 is 2.50 bits per heavy atom. The lowest BCUT2D eigenvalue weighted by Gasteiger charge is -2.15. The number of halogens is 2. The van der Waals surface area contributed by atoms with Crippen LogP contribution < -0.4 is 10.6 Å². The minimum Gasteiger partial charge on any atom is -0.352 e. The fraction of sp³-hybridized carbons (Fsp3) is 0.462. The summed E-state index contributed by atoms with van der Waals surface area (Å²) in [5.41, 5.74) is 0.00810. The third-order valence-electron chi connectivity index (χ3n) is 2.51. The quantitative estimate of drug-likeness (QED) is 0.812. The molecule has 1 amide bonds. The van der Waals surface area contributed by atoms with E-state index < -0.39 is 11.6 Å². The van der Waals surface area contributed by atoms with Crippen molar-refractivity contribution >= 4 is 5.91 Å². The zero-order valence-electron chi connectivity index (χ0n) is 10.6. The zero-order valence-corrected chi connectivity index (χ0v) is 10.6. The summed E-state index contributed by atoms with van der Waals surface area (Å²) in [6.45, 7) is 4.52. The summed E-state index contributed by atoms with van der Waals surface area (Å²) in [5.74, 6) is -1.34. The van der Waals surface area contributed by atoms with Crippen LogP contribution in [0.3, 0.4) is 0 Å². The smallest absolute Gasteiger partial charge is 0.234 e. The predicted octanol–water partition coefficient (Wildman–Crippen LogP) is 1.62. The molecular formula is C13H18F2N2O. The van der Waals surface area contributed by atoms with Gasteiger partial charge < -0.3 is 10.6 Å². The van der Waals surface area contributed by atoms with Crippen molar-refractivity contribution in [2.45, 2.75) is 26.3 Å². The molecule has 0 aliphatic carbocycles. The molecule has 2 N–H and O–H groups in total. The molecule has 1 aromatic rings. The highest BCUT2D eigenvalue weighted by atomic mass is 19.1. The van der Waals surface area contributed by atoms with E-state index in [1.807, 2.05) is 6.92 Å². The summed E-state index contributed by atoms with van der Waals surface area (Å²) in [6, 6.07) is 3.43. The summed E-state index contributed by atoms with van der Waals surface area (Å²) in [5, 5.41) is 5.56. The Balaban J connectivity index is 2.54. The minimum absolute atomic E-state index is 0.00810. The normalized spacial score (nSPS) is 12.2. The largest absolute Gasteiger partial charge is 0.352 e. The first-order chi connectivity index (χ1) is 8.54. The van der Waals surface area contributed by atoms with Crippen LogP contribution in [-0.2, 0) is 11.2 Å². The van der Waals surface area contributed by atoms with Gasteiger partial charge in [0.1, 0.15) is 11.6 Å². The maximum absolute atomic E-state index is 13.4. The van der Waals surface area contributed by atoms with E-state index in [1.54, 1.807) is 6.92 Å². The first kappa shape index (κ1) is 14.6. The lowest BCUT2D eigenvalue weighted by Crippen LogP contribution is -2.40. The van der Waals surface area contributed by atoms with Gasteiger partial charge in [-0.1, -0.05) is 13.0 Å². The molecule has 3 nitrogen and oxygen atoms in total. The molecule has 18 heavy (non-hydrogen) atoms. The highest BCUT2D eigenvalue weighted by Gasteiger charge is 2.13. The van der Waals surface area contributed by atoms with Gasteiger partial charge in [-0.3, -0.25) is 4.79 Å². The van der Waals surface area contributed by atoms with Crippen LogP contribution in [0.2, 0.25) is 0 Å². The van der Waals surface area contributed by atoms with Gasteiger partial charge in [-0.25, -0.2) is 8.78 Å². The molecular weight excluding hydrogens is 238 g/mol. The first-order valence-electron chi connectivity index (χ1n) is 5.97. The number of rotatable bonds is 6. The molecule has 0 aliphatic rings. The van der Waals surface area contributed by atoms with Crippen LogP contribution in [0.15, 0.2) is 18.2 Å². The highest BCUT2D eigenvalue weighted by molar-refractivity contribution is 5.78. The van der Waals surface area contributed by atoms with Gasteiger partial charge in [-0.05, 0) is 32.0 Å². The van der Waals surface area contributed by atoms with E-state index in [0.29, 0.717) is 6.54 Å². The molecule has 0 spiro atoms. The second-order valence-corrected chi connectivity index (χ2v) is 4.15. The second kappa shape index (κ2) is 7.06. The van der Waals surface area contributed by atoms with Crippen molar-refractivity contribution in [1.82, 2.24) is 10.6 Å². The van der Waals surface area contributed by atoms with Crippen molar-refractivity contribution in [2.75, 3.05) is 13.1 Å². The number of carbonyl (C=O) groups is 1. The van der Waals surface area contributed by atoms with Gasteiger partial charge in [-0.2, -0.15) is 0 Å². The lowest BCUT2D eigenvalue weighted by atomic mass is 10.1. The van der Waals surface area contributed by atoms with Gasteiger partial charge in [0.25, 0.3) is 0 Å². The van der Waals surface area contributed by atoms with Crippen LogP contribution in [0.4, 0.5) is 8.78 Å². The molecule has 0 aromatic heterocycles. The molecule has 1 unspecified atom stereocenters. The lowest BCUT2D eigenvalue weighted by molar-refractivity contribution is -0.120. The van der Waals surface area contributed by atoms with E-state index in [0.717, 1.165) is 0 Å². The Morgan fingerprint density at radius 2 is 1.94 bits per heavy atom. The van der Waals surface area contributed by atoms with Gasteiger partial charge >= 0.3 is 0 Å². The average molecular weight is 256 g/mol. The Bertz CT molecular complexity index is 390. The number of hydrogen-bond donors (Lipinski definition) is 2. The Hall–Kier alpha value is -1.49. The summed E-state index contributed by atoms with van der Waals surface area (Å²) in [7, 11) is 0. The number of amides is 1. The van der Waals surface area contributed by atoms with E-state index in [9.17, 15) is 13.6 Å². The van der Waals surface area contributed by atoms with E-state index in [1.165, 1.54) is 18.2 Å². The Morgan fingerprint density at radius 1 is 1.33 bits per heavy atom. The fourth-order valence-electron chi connectivity index (χ4n) is 1.65. The third kappa shape index (κ3) is 4.41. The molecule has 0 radical (unpaired) electrons. The van der Waals surface area contributed by atoms with Gasteiger partial charge in [-0.15, -0.1) is 0 Å². The van der Waals surface area contributed by atoms with E-state index >= 15 is 0 Å². The fourth-order valence-corrected chi connectivity index (χ4v) is 1.65. The molecule has 1 rings (SSSR count). The molecule has 1 atom stereocenters. The molecule has 0 aliphatic heterocycles. The molecule has 100 valence electrons. The highest BCUT2D eigenvalue weighted by Crippen LogP contribution is 2.13. The third-order valence-corrected chi connectivity index (χ3v) is 2.51. The number of likely N-dealkylation sites (N-methyl/N-ethyl adjacent to an activating group) is 1. The average Bonchev–Trinajstić information content (AvgIpc) is 2.31. The summed E-state index contributed by atoms with van der Waals surface area (Å²) >= 11 is 0. The summed E-state index contributed by atoms with van der Waals surface area (Å²) in [4.78, 5) is 11.4. The number of carbonyl (C=O) groups excluding carboxylic acids is 1. The molecule has 1 aromatic carbocycles. The van der Waals surface area contributed by atoms with Crippen molar-refractivity contribution in [2.24, 2.45) is 0 Å². The van der Waals surface area contributed by atoms with Crippen molar-refractivity contribution in [3.8, 4) is 0 Å². The Kier molecular flexibility index (Phi) is 5.71. The molecule has 0 saturated carbocycles. The van der Waals surface area contributed by atoms with Crippen LogP contribution in [0.1, 0.15) is 19.4 Å². The maximum atomic E-state index is 13.4. The van der Waals surface area contributed by atoms with Crippen LogP contribution >= 0.6 is 0 Å². The van der Waals surface area contributed by atoms with E-state index in [4.69, 9.17) is 0 Å². The molecule has 0 heterocycles. The monoisotopic (exact) mass is 256 g/mol. The van der Waals surface area contributed by atoms with Crippen LogP contribution in [0.5, 0.6) is 0 Å². The van der Waals surface area contributed by atoms with Crippen LogP contribution in [0, 0.1) is 11.6 Å². The maximum Gasteiger partial charge on any atom is 0.234 e. The Labute approximate surface area is 106 Å². The first-order valence-corrected chi connectivity index (χ1v) is 5.97. The van der Waals surface area contributed by atoms with Gasteiger partial charge in [0.2, 0.25) is 5.91 Å². The van der Waals surface area contributed by atoms with E-state index in [-0.39, 0.29) is 30.5 Å². The molecule has 5 heteroatoms. The topological polar surface area (TPSA) is 41.1 Å². The zero-order chi connectivity index (χ0) is 13.5. The number of nitrogens with one attached hydrogen (secondary N) is 2. The van der Waals surface area contributed by atoms with E-state index in [2.05, 4.69) is 10.6 Å². The van der Waals surface area contributed by atoms with Crippen molar-refractivity contribution in [3.05, 3.63) is 35.4 Å². The molecule has 0 saturated heterocycles. The second-order valence-electron chi connectivity index (χ2n) is 4.15. The number of hydrogen-bond acceptors (Lipinski definition) is 2. The standard InChI is InChI=1S/C13H18F2N2O/c1-3-16-8-13(18)17-9(2)7-10-11(14)5-4-6-12(10)15/h4-6,9,16H,3,7-8H2,1-2H3,(H,17,18). The number of benzene rings is 1. The minimum atomic E-state index is -0.581. The van der Waals surface area contributed by atoms with Crippen LogP contribution in [0.25, 0.3) is 0 Å².